The highest BCUT2D eigenvalue weighted by Crippen LogP contribution is 1.91. The molecule has 0 aliphatic rings. The van der Waals surface area contributed by atoms with Crippen molar-refractivity contribution in [1.29, 1.82) is 0 Å². The Hall–Kier alpha value is -0.540. The summed E-state index contributed by atoms with van der Waals surface area (Å²) in [5.74, 6) is 5.16. The van der Waals surface area contributed by atoms with Crippen LogP contribution in [0.15, 0.2) is 11.8 Å². The molecule has 0 saturated carbocycles. The van der Waals surface area contributed by atoms with Crippen molar-refractivity contribution in [3.63, 3.8) is 0 Å². The van der Waals surface area contributed by atoms with Gasteiger partial charge in [-0.15, -0.1) is 0 Å². The van der Waals surface area contributed by atoms with Crippen molar-refractivity contribution in [3.8, 4) is 0 Å². The van der Waals surface area contributed by atoms with E-state index < -0.39 is 0 Å². The molecule has 0 spiro atoms. The van der Waals surface area contributed by atoms with Crippen molar-refractivity contribution in [3.05, 3.63) is 11.8 Å². The number of aliphatic hydroxyl groups excluding tert-OH is 1. The van der Waals surface area contributed by atoms with Crippen LogP contribution in [0, 0.1) is 0 Å². The molecule has 48 valence electrons. The van der Waals surface area contributed by atoms with Gasteiger partial charge in [-0.25, -0.2) is 0 Å². The summed E-state index contributed by atoms with van der Waals surface area (Å²) in [6.07, 6.45) is 2.55. The zero-order valence-corrected chi connectivity index (χ0v) is 4.92. The smallest absolute Gasteiger partial charge is 0.145 e. The summed E-state index contributed by atoms with van der Waals surface area (Å²) < 4.78 is 0. The predicted octanol–water partition coefficient (Wildman–Crippen LogP) is 0.163. The zero-order chi connectivity index (χ0) is 6.41. The van der Waals surface area contributed by atoms with Gasteiger partial charge in [0.15, 0.2) is 0 Å². The van der Waals surface area contributed by atoms with E-state index in [9.17, 15) is 0 Å². The lowest BCUT2D eigenvalue weighted by Gasteiger charge is -1.97. The molecule has 0 heterocycles. The summed E-state index contributed by atoms with van der Waals surface area (Å²) in [5, 5.41) is 8.38. The van der Waals surface area contributed by atoms with E-state index in [1.54, 1.807) is 6.08 Å². The average Bonchev–Trinajstić information content (AvgIpc) is 1.83. The van der Waals surface area contributed by atoms with Crippen LogP contribution >= 0.6 is 0 Å². The molecule has 0 aromatic heterocycles. The van der Waals surface area contributed by atoms with Crippen molar-refractivity contribution < 1.29 is 9.94 Å². The molecule has 0 saturated heterocycles. The van der Waals surface area contributed by atoms with Crippen molar-refractivity contribution in [2.24, 2.45) is 5.90 Å². The third-order valence-electron chi connectivity index (χ3n) is 0.739. The third-order valence-corrected chi connectivity index (χ3v) is 0.739. The van der Waals surface area contributed by atoms with Crippen LogP contribution < -0.4 is 5.90 Å². The zero-order valence-electron chi connectivity index (χ0n) is 4.92. The summed E-state index contributed by atoms with van der Waals surface area (Å²) in [6, 6.07) is 0. The number of aliphatic hydroxyl groups is 1. The lowest BCUT2D eigenvalue weighted by atomic mass is 10.4. The van der Waals surface area contributed by atoms with E-state index in [1.807, 2.05) is 6.92 Å². The van der Waals surface area contributed by atoms with Gasteiger partial charge in [0.05, 0.1) is 0 Å². The summed E-state index contributed by atoms with van der Waals surface area (Å²) in [7, 11) is 0. The molecule has 0 unspecified atom stereocenters. The molecule has 3 N–H and O–H groups in total. The van der Waals surface area contributed by atoms with E-state index in [0.29, 0.717) is 5.76 Å². The molecule has 0 atom stereocenters. The largest absolute Gasteiger partial charge is 0.414 e. The van der Waals surface area contributed by atoms with E-state index in [2.05, 4.69) is 4.84 Å². The Labute approximate surface area is 48.7 Å². The van der Waals surface area contributed by atoms with Crippen LogP contribution in [0.3, 0.4) is 0 Å². The molecule has 8 heavy (non-hydrogen) atoms. The maximum Gasteiger partial charge on any atom is 0.145 e. The van der Waals surface area contributed by atoms with Gasteiger partial charge in [0.2, 0.25) is 0 Å². The molecule has 0 aliphatic carbocycles. The highest BCUT2D eigenvalue weighted by Gasteiger charge is 1.88. The minimum Gasteiger partial charge on any atom is -0.414 e. The fourth-order valence-electron chi connectivity index (χ4n) is 0.378. The normalized spacial score (nSPS) is 11.6. The second-order valence-corrected chi connectivity index (χ2v) is 1.35. The monoisotopic (exact) mass is 117 g/mol. The molecule has 0 bridgehead atoms. The SMILES string of the molecule is CCC=C(CO)ON. The highest BCUT2D eigenvalue weighted by atomic mass is 16.6. The molecule has 0 amide bonds. The van der Waals surface area contributed by atoms with Crippen LogP contribution in [0.1, 0.15) is 13.3 Å². The van der Waals surface area contributed by atoms with Gasteiger partial charge in [0.25, 0.3) is 0 Å². The Balaban J connectivity index is 3.49. The number of allylic oxidation sites excluding steroid dienone is 1. The van der Waals surface area contributed by atoms with Gasteiger partial charge in [-0.2, -0.15) is 5.90 Å². The van der Waals surface area contributed by atoms with E-state index in [1.165, 1.54) is 0 Å². The van der Waals surface area contributed by atoms with Crippen molar-refractivity contribution in [1.82, 2.24) is 0 Å². The van der Waals surface area contributed by atoms with Crippen molar-refractivity contribution in [2.45, 2.75) is 13.3 Å². The molecule has 0 aliphatic heterocycles. The van der Waals surface area contributed by atoms with E-state index in [0.717, 1.165) is 6.42 Å². The number of rotatable bonds is 3. The van der Waals surface area contributed by atoms with Crippen LogP contribution in [0.25, 0.3) is 0 Å². The standard InChI is InChI=1S/C5H11NO2/c1-2-3-5(4-7)8-6/h3,7H,2,4,6H2,1H3. The summed E-state index contributed by atoms with van der Waals surface area (Å²) in [6.45, 7) is 1.82. The van der Waals surface area contributed by atoms with Crippen LogP contribution in [-0.4, -0.2) is 11.7 Å². The highest BCUT2D eigenvalue weighted by molar-refractivity contribution is 4.90. The Morgan fingerprint density at radius 2 is 2.50 bits per heavy atom. The molecular weight excluding hydrogens is 106 g/mol. The Morgan fingerprint density at radius 1 is 1.88 bits per heavy atom. The van der Waals surface area contributed by atoms with E-state index >= 15 is 0 Å². The number of nitrogens with two attached hydrogens (primary N) is 1. The second-order valence-electron chi connectivity index (χ2n) is 1.35. The van der Waals surface area contributed by atoms with Crippen molar-refractivity contribution in [2.75, 3.05) is 6.61 Å². The maximum absolute atomic E-state index is 8.38. The first-order valence-corrected chi connectivity index (χ1v) is 2.51. The third kappa shape index (κ3) is 2.60. The predicted molar refractivity (Wildman–Crippen MR) is 30.7 cm³/mol. The molecule has 3 nitrogen and oxygen atoms in total. The van der Waals surface area contributed by atoms with Gasteiger partial charge in [-0.1, -0.05) is 6.92 Å². The Morgan fingerprint density at radius 3 is 2.62 bits per heavy atom. The van der Waals surface area contributed by atoms with Crippen LogP contribution in [0.2, 0.25) is 0 Å². The van der Waals surface area contributed by atoms with E-state index in [-0.39, 0.29) is 6.61 Å². The van der Waals surface area contributed by atoms with Gasteiger partial charge < -0.3 is 9.94 Å². The summed E-state index contributed by atoms with van der Waals surface area (Å²) >= 11 is 0. The fourth-order valence-corrected chi connectivity index (χ4v) is 0.378. The first kappa shape index (κ1) is 7.46. The minimum absolute atomic E-state index is 0.121. The first-order chi connectivity index (χ1) is 3.85. The van der Waals surface area contributed by atoms with Gasteiger partial charge in [-0.05, 0) is 12.5 Å². The van der Waals surface area contributed by atoms with Crippen LogP contribution in [-0.2, 0) is 4.84 Å². The first-order valence-electron chi connectivity index (χ1n) is 2.51. The number of hydrogen-bond acceptors (Lipinski definition) is 3. The van der Waals surface area contributed by atoms with Gasteiger partial charge in [0.1, 0.15) is 12.4 Å². The molecule has 0 rings (SSSR count). The molecular formula is C5H11NO2. The topological polar surface area (TPSA) is 55.5 Å². The Kier molecular flexibility index (Phi) is 4.30. The quantitative estimate of drug-likeness (QED) is 0.409. The molecule has 0 aromatic rings. The van der Waals surface area contributed by atoms with Gasteiger partial charge >= 0.3 is 0 Å². The van der Waals surface area contributed by atoms with Gasteiger partial charge in [-0.3, -0.25) is 0 Å². The van der Waals surface area contributed by atoms with Crippen LogP contribution in [0.5, 0.6) is 0 Å². The lowest BCUT2D eigenvalue weighted by Crippen LogP contribution is -2.02. The molecule has 0 aromatic carbocycles. The van der Waals surface area contributed by atoms with Crippen LogP contribution in [0.4, 0.5) is 0 Å². The summed E-state index contributed by atoms with van der Waals surface area (Å²) in [5.41, 5.74) is 0. The van der Waals surface area contributed by atoms with Crippen molar-refractivity contribution >= 4 is 0 Å². The maximum atomic E-state index is 8.38. The van der Waals surface area contributed by atoms with E-state index in [4.69, 9.17) is 11.0 Å². The number of hydrogen-bond donors (Lipinski definition) is 2. The minimum atomic E-state index is -0.121. The van der Waals surface area contributed by atoms with Gasteiger partial charge in [0, 0.05) is 0 Å². The second kappa shape index (κ2) is 4.61. The lowest BCUT2D eigenvalue weighted by molar-refractivity contribution is 0.163. The summed E-state index contributed by atoms with van der Waals surface area (Å²) in [4.78, 5) is 4.25. The average molecular weight is 117 g/mol. The molecule has 0 radical (unpaired) electrons. The fraction of sp³-hybridized carbons (Fsp3) is 0.600. The molecule has 3 heteroatoms. The molecule has 0 fully saturated rings. The Bertz CT molecular complexity index is 74.5.